The van der Waals surface area contributed by atoms with E-state index in [-0.39, 0.29) is 18.8 Å². The van der Waals surface area contributed by atoms with Gasteiger partial charge in [0.05, 0.1) is 6.61 Å². The van der Waals surface area contributed by atoms with Crippen molar-refractivity contribution in [2.45, 2.75) is 19.6 Å². The lowest BCUT2D eigenvalue weighted by Gasteiger charge is -2.13. The van der Waals surface area contributed by atoms with Crippen molar-refractivity contribution >= 4 is 5.96 Å². The van der Waals surface area contributed by atoms with Gasteiger partial charge in [0.15, 0.2) is 5.96 Å². The molecule has 0 aromatic heterocycles. The summed E-state index contributed by atoms with van der Waals surface area (Å²) in [5.74, 6) is -0.110. The van der Waals surface area contributed by atoms with E-state index in [0.717, 1.165) is 0 Å². The van der Waals surface area contributed by atoms with Crippen LogP contribution in [0.1, 0.15) is 13.3 Å². The van der Waals surface area contributed by atoms with Gasteiger partial charge in [-0.15, -0.1) is 0 Å². The Morgan fingerprint density at radius 3 is 2.91 bits per heavy atom. The zero-order valence-corrected chi connectivity index (χ0v) is 6.63. The molecule has 1 unspecified atom stereocenters. The first-order valence-electron chi connectivity index (χ1n) is 3.50. The zero-order chi connectivity index (χ0) is 8.69. The molecule has 0 aliphatic rings. The molecule has 5 nitrogen and oxygen atoms in total. The minimum absolute atomic E-state index is 0.110. The summed E-state index contributed by atoms with van der Waals surface area (Å²) in [6.45, 7) is 2.34. The van der Waals surface area contributed by atoms with Gasteiger partial charge in [0.1, 0.15) is 6.23 Å². The van der Waals surface area contributed by atoms with Gasteiger partial charge in [-0.25, -0.2) is 0 Å². The van der Waals surface area contributed by atoms with Crippen LogP contribution < -0.4 is 11.1 Å². The molecule has 5 N–H and O–H groups in total. The Bertz CT molecular complexity index is 118. The van der Waals surface area contributed by atoms with Crippen molar-refractivity contribution in [3.63, 3.8) is 0 Å². The number of ether oxygens (including phenoxy) is 1. The van der Waals surface area contributed by atoms with Crippen molar-refractivity contribution in [2.24, 2.45) is 5.73 Å². The highest BCUT2D eigenvalue weighted by Crippen LogP contribution is 1.86. The van der Waals surface area contributed by atoms with Crippen molar-refractivity contribution in [3.05, 3.63) is 0 Å². The lowest BCUT2D eigenvalue weighted by Crippen LogP contribution is -2.39. The Labute approximate surface area is 66.0 Å². The van der Waals surface area contributed by atoms with Gasteiger partial charge in [-0.05, 0) is 13.3 Å². The normalized spacial score (nSPS) is 12.5. The molecular weight excluding hydrogens is 146 g/mol. The molecule has 66 valence electrons. The molecule has 0 aliphatic heterocycles. The first-order chi connectivity index (χ1) is 5.16. The molecule has 0 amide bonds. The fourth-order valence-corrected chi connectivity index (χ4v) is 0.585. The van der Waals surface area contributed by atoms with E-state index in [1.807, 2.05) is 0 Å². The van der Waals surface area contributed by atoms with Gasteiger partial charge in [0.2, 0.25) is 0 Å². The van der Waals surface area contributed by atoms with Crippen LogP contribution in [0.3, 0.4) is 0 Å². The van der Waals surface area contributed by atoms with Crippen LogP contribution in [0.2, 0.25) is 0 Å². The second-order valence-electron chi connectivity index (χ2n) is 2.15. The number of hydrogen-bond donors (Lipinski definition) is 4. The van der Waals surface area contributed by atoms with E-state index in [1.54, 1.807) is 6.92 Å². The van der Waals surface area contributed by atoms with Gasteiger partial charge in [0.25, 0.3) is 0 Å². The summed E-state index contributed by atoms with van der Waals surface area (Å²) in [4.78, 5) is 0. The second kappa shape index (κ2) is 5.94. The zero-order valence-electron chi connectivity index (χ0n) is 6.63. The second-order valence-corrected chi connectivity index (χ2v) is 2.15. The molecule has 11 heavy (non-hydrogen) atoms. The highest BCUT2D eigenvalue weighted by Gasteiger charge is 1.99. The Balaban J connectivity index is 3.22. The molecule has 0 spiro atoms. The Morgan fingerprint density at radius 2 is 2.45 bits per heavy atom. The van der Waals surface area contributed by atoms with Crippen LogP contribution >= 0.6 is 0 Å². The van der Waals surface area contributed by atoms with E-state index in [9.17, 15) is 0 Å². The van der Waals surface area contributed by atoms with E-state index < -0.39 is 0 Å². The van der Waals surface area contributed by atoms with Crippen LogP contribution in [0.25, 0.3) is 0 Å². The molecule has 0 aromatic carbocycles. The standard InChI is InChI=1S/C6H15N3O2/c1-5(9-6(7)8)11-4-2-3-10/h5,10H,2-4H2,1H3,(H4,7,8,9). The molecule has 0 aliphatic carbocycles. The number of aliphatic hydroxyl groups is 1. The largest absolute Gasteiger partial charge is 0.396 e. The Kier molecular flexibility index (Phi) is 5.50. The molecule has 0 rings (SSSR count). The van der Waals surface area contributed by atoms with Crippen LogP contribution in [0.15, 0.2) is 0 Å². The average Bonchev–Trinajstić information content (AvgIpc) is 1.86. The highest BCUT2D eigenvalue weighted by atomic mass is 16.5. The van der Waals surface area contributed by atoms with Crippen molar-refractivity contribution in [1.82, 2.24) is 5.32 Å². The van der Waals surface area contributed by atoms with Gasteiger partial charge >= 0.3 is 0 Å². The lowest BCUT2D eigenvalue weighted by molar-refractivity contribution is 0.0466. The summed E-state index contributed by atoms with van der Waals surface area (Å²) < 4.78 is 5.10. The van der Waals surface area contributed by atoms with Crippen molar-refractivity contribution in [2.75, 3.05) is 13.2 Å². The molecule has 0 saturated carbocycles. The quantitative estimate of drug-likeness (QED) is 0.184. The maximum absolute atomic E-state index is 8.39. The molecule has 0 aromatic rings. The SMILES string of the molecule is CC(NC(=N)N)OCCCO. The maximum Gasteiger partial charge on any atom is 0.187 e. The lowest BCUT2D eigenvalue weighted by atomic mass is 10.5. The van der Waals surface area contributed by atoms with Gasteiger partial charge in [-0.2, -0.15) is 0 Å². The average molecular weight is 161 g/mol. The summed E-state index contributed by atoms with van der Waals surface area (Å²) in [5.41, 5.74) is 5.04. The summed E-state index contributed by atoms with van der Waals surface area (Å²) in [7, 11) is 0. The third-order valence-corrected chi connectivity index (χ3v) is 1.03. The third kappa shape index (κ3) is 7.08. The topological polar surface area (TPSA) is 91.4 Å². The number of aliphatic hydroxyl groups excluding tert-OH is 1. The first kappa shape index (κ1) is 10.2. The van der Waals surface area contributed by atoms with E-state index in [4.69, 9.17) is 21.0 Å². The first-order valence-corrected chi connectivity index (χ1v) is 3.50. The van der Waals surface area contributed by atoms with Crippen LogP contribution in [-0.4, -0.2) is 30.5 Å². The summed E-state index contributed by atoms with van der Waals surface area (Å²) >= 11 is 0. The minimum atomic E-state index is -0.265. The van der Waals surface area contributed by atoms with Crippen LogP contribution in [0, 0.1) is 5.41 Å². The molecular formula is C6H15N3O2. The maximum atomic E-state index is 8.39. The number of nitrogens with two attached hydrogens (primary N) is 1. The molecule has 0 heterocycles. The van der Waals surface area contributed by atoms with Crippen molar-refractivity contribution in [1.29, 1.82) is 5.41 Å². The predicted octanol–water partition coefficient (Wildman–Crippen LogP) is -0.786. The minimum Gasteiger partial charge on any atom is -0.396 e. The summed E-state index contributed by atoms with van der Waals surface area (Å²) in [5, 5.41) is 17.8. The third-order valence-electron chi connectivity index (χ3n) is 1.03. The number of nitrogens with one attached hydrogen (secondary N) is 2. The molecule has 0 bridgehead atoms. The van der Waals surface area contributed by atoms with Crippen molar-refractivity contribution < 1.29 is 9.84 Å². The summed E-state index contributed by atoms with van der Waals surface area (Å²) in [6, 6.07) is 0. The molecule has 1 atom stereocenters. The van der Waals surface area contributed by atoms with E-state index in [1.165, 1.54) is 0 Å². The monoisotopic (exact) mass is 161 g/mol. The summed E-state index contributed by atoms with van der Waals surface area (Å²) in [6.07, 6.45) is 0.336. The number of guanidine groups is 1. The fraction of sp³-hybridized carbons (Fsp3) is 0.833. The molecule has 5 heteroatoms. The Hall–Kier alpha value is -0.810. The van der Waals surface area contributed by atoms with E-state index in [2.05, 4.69) is 5.32 Å². The van der Waals surface area contributed by atoms with E-state index in [0.29, 0.717) is 13.0 Å². The number of hydrogen-bond acceptors (Lipinski definition) is 3. The smallest absolute Gasteiger partial charge is 0.187 e. The van der Waals surface area contributed by atoms with Gasteiger partial charge in [-0.1, -0.05) is 0 Å². The van der Waals surface area contributed by atoms with Crippen molar-refractivity contribution in [3.8, 4) is 0 Å². The van der Waals surface area contributed by atoms with Gasteiger partial charge in [-0.3, -0.25) is 5.41 Å². The molecule has 0 fully saturated rings. The molecule has 0 radical (unpaired) electrons. The molecule has 0 saturated heterocycles. The van der Waals surface area contributed by atoms with Crippen LogP contribution in [-0.2, 0) is 4.74 Å². The van der Waals surface area contributed by atoms with Gasteiger partial charge < -0.3 is 20.9 Å². The highest BCUT2D eigenvalue weighted by molar-refractivity contribution is 5.74. The predicted molar refractivity (Wildman–Crippen MR) is 42.2 cm³/mol. The number of rotatable bonds is 5. The van der Waals surface area contributed by atoms with E-state index >= 15 is 0 Å². The fourth-order valence-electron chi connectivity index (χ4n) is 0.585. The van der Waals surface area contributed by atoms with Gasteiger partial charge in [0, 0.05) is 6.61 Å². The van der Waals surface area contributed by atoms with Crippen LogP contribution in [0.4, 0.5) is 0 Å². The Morgan fingerprint density at radius 1 is 1.82 bits per heavy atom. The van der Waals surface area contributed by atoms with Crippen LogP contribution in [0.5, 0.6) is 0 Å².